The monoisotopic (exact) mass is 225 g/mol. The minimum Gasteiger partial charge on any atom is -0.293 e. The topological polar surface area (TPSA) is 54.9 Å². The standard InChI is InChI=1S/C10H12ClN3O/c11-5-9(15)14-10-12-6-7-3-1-2-4-8(7)13-10/h6H,1-5H2,(H,12,13,14,15). The first kappa shape index (κ1) is 10.4. The number of amides is 1. The van der Waals surface area contributed by atoms with Gasteiger partial charge >= 0.3 is 0 Å². The summed E-state index contributed by atoms with van der Waals surface area (Å²) in [5.74, 6) is 0.0224. The van der Waals surface area contributed by atoms with Gasteiger partial charge in [0, 0.05) is 11.9 Å². The summed E-state index contributed by atoms with van der Waals surface area (Å²) in [6, 6.07) is 0. The Morgan fingerprint density at radius 1 is 1.47 bits per heavy atom. The van der Waals surface area contributed by atoms with E-state index in [1.165, 1.54) is 12.0 Å². The molecule has 0 unspecified atom stereocenters. The van der Waals surface area contributed by atoms with E-state index in [2.05, 4.69) is 15.3 Å². The normalized spacial score (nSPS) is 14.5. The highest BCUT2D eigenvalue weighted by molar-refractivity contribution is 6.28. The van der Waals surface area contributed by atoms with E-state index < -0.39 is 0 Å². The molecule has 0 aliphatic heterocycles. The SMILES string of the molecule is O=C(CCl)Nc1ncc2c(n1)CCCC2. The second-order valence-electron chi connectivity index (χ2n) is 3.55. The number of carbonyl (C=O) groups is 1. The molecule has 4 nitrogen and oxygen atoms in total. The lowest BCUT2D eigenvalue weighted by atomic mass is 9.98. The molecule has 0 saturated heterocycles. The molecule has 0 fully saturated rings. The average Bonchev–Trinajstić information content (AvgIpc) is 2.29. The van der Waals surface area contributed by atoms with Gasteiger partial charge in [0.2, 0.25) is 11.9 Å². The summed E-state index contributed by atoms with van der Waals surface area (Å²) in [6.45, 7) is 0. The molecule has 0 saturated carbocycles. The minimum absolute atomic E-state index is 0.0690. The molecule has 1 amide bonds. The Morgan fingerprint density at radius 3 is 3.07 bits per heavy atom. The molecular formula is C10H12ClN3O. The van der Waals surface area contributed by atoms with Crippen LogP contribution in [0.2, 0.25) is 0 Å². The van der Waals surface area contributed by atoms with Crippen LogP contribution in [0, 0.1) is 0 Å². The van der Waals surface area contributed by atoms with E-state index in [9.17, 15) is 4.79 Å². The van der Waals surface area contributed by atoms with Crippen LogP contribution in [0.5, 0.6) is 0 Å². The minimum atomic E-state index is -0.271. The first-order valence-corrected chi connectivity index (χ1v) is 5.53. The van der Waals surface area contributed by atoms with Crippen molar-refractivity contribution in [1.29, 1.82) is 0 Å². The molecule has 5 heteroatoms. The molecule has 1 aromatic rings. The summed E-state index contributed by atoms with van der Waals surface area (Å²) < 4.78 is 0. The van der Waals surface area contributed by atoms with E-state index >= 15 is 0 Å². The lowest BCUT2D eigenvalue weighted by Gasteiger charge is -2.14. The zero-order valence-electron chi connectivity index (χ0n) is 8.29. The van der Waals surface area contributed by atoms with E-state index in [-0.39, 0.29) is 11.8 Å². The molecule has 0 bridgehead atoms. The van der Waals surface area contributed by atoms with Gasteiger partial charge in [-0.3, -0.25) is 10.1 Å². The lowest BCUT2D eigenvalue weighted by molar-refractivity contribution is -0.114. The van der Waals surface area contributed by atoms with Gasteiger partial charge in [-0.05, 0) is 31.2 Å². The fraction of sp³-hybridized carbons (Fsp3) is 0.500. The molecule has 80 valence electrons. The van der Waals surface area contributed by atoms with Crippen molar-refractivity contribution in [2.75, 3.05) is 11.2 Å². The van der Waals surface area contributed by atoms with Crippen molar-refractivity contribution < 1.29 is 4.79 Å². The molecule has 1 aliphatic carbocycles. The molecule has 1 heterocycles. The number of halogens is 1. The predicted molar refractivity (Wildman–Crippen MR) is 58.0 cm³/mol. The van der Waals surface area contributed by atoms with Crippen molar-refractivity contribution in [1.82, 2.24) is 9.97 Å². The maximum absolute atomic E-state index is 11.0. The first-order valence-electron chi connectivity index (χ1n) is 5.00. The van der Waals surface area contributed by atoms with Gasteiger partial charge in [0.15, 0.2) is 0 Å². The van der Waals surface area contributed by atoms with Gasteiger partial charge < -0.3 is 0 Å². The third-order valence-electron chi connectivity index (χ3n) is 2.44. The molecule has 0 radical (unpaired) electrons. The number of rotatable bonds is 2. The quantitative estimate of drug-likeness (QED) is 0.777. The van der Waals surface area contributed by atoms with Gasteiger partial charge in [0.1, 0.15) is 5.88 Å². The van der Waals surface area contributed by atoms with Crippen LogP contribution in [0.25, 0.3) is 0 Å². The summed E-state index contributed by atoms with van der Waals surface area (Å²) in [4.78, 5) is 19.4. The summed E-state index contributed by atoms with van der Waals surface area (Å²) >= 11 is 5.38. The smallest absolute Gasteiger partial charge is 0.241 e. The van der Waals surface area contributed by atoms with Gasteiger partial charge in [-0.2, -0.15) is 0 Å². The van der Waals surface area contributed by atoms with Crippen LogP contribution in [0.4, 0.5) is 5.95 Å². The maximum Gasteiger partial charge on any atom is 0.241 e. The number of aromatic nitrogens is 2. The van der Waals surface area contributed by atoms with Crippen molar-refractivity contribution in [3.63, 3.8) is 0 Å². The van der Waals surface area contributed by atoms with E-state index in [0.717, 1.165) is 25.0 Å². The van der Waals surface area contributed by atoms with Crippen LogP contribution in [0.1, 0.15) is 24.1 Å². The molecule has 1 aliphatic rings. The fourth-order valence-electron chi connectivity index (χ4n) is 1.69. The van der Waals surface area contributed by atoms with Crippen LogP contribution < -0.4 is 5.32 Å². The van der Waals surface area contributed by atoms with E-state index in [1.54, 1.807) is 6.20 Å². The van der Waals surface area contributed by atoms with Crippen LogP contribution in [-0.4, -0.2) is 21.8 Å². The number of nitrogens with one attached hydrogen (secondary N) is 1. The van der Waals surface area contributed by atoms with E-state index in [4.69, 9.17) is 11.6 Å². The van der Waals surface area contributed by atoms with Gasteiger partial charge in [-0.25, -0.2) is 9.97 Å². The van der Waals surface area contributed by atoms with Crippen molar-refractivity contribution in [2.24, 2.45) is 0 Å². The highest BCUT2D eigenvalue weighted by Crippen LogP contribution is 2.19. The second-order valence-corrected chi connectivity index (χ2v) is 3.82. The first-order chi connectivity index (χ1) is 7.29. The Bertz CT molecular complexity index is 381. The molecule has 1 N–H and O–H groups in total. The Kier molecular flexibility index (Phi) is 3.16. The summed E-state index contributed by atoms with van der Waals surface area (Å²) in [5, 5.41) is 2.55. The summed E-state index contributed by atoms with van der Waals surface area (Å²) in [6.07, 6.45) is 6.17. The fourth-order valence-corrected chi connectivity index (χ4v) is 1.76. The van der Waals surface area contributed by atoms with Crippen LogP contribution in [0.3, 0.4) is 0 Å². The van der Waals surface area contributed by atoms with Crippen LogP contribution >= 0.6 is 11.6 Å². The number of fused-ring (bicyclic) bond motifs is 1. The molecule has 1 aromatic heterocycles. The number of aryl methyl sites for hydroxylation is 2. The van der Waals surface area contributed by atoms with Crippen molar-refractivity contribution in [3.8, 4) is 0 Å². The predicted octanol–water partition coefficient (Wildman–Crippen LogP) is 1.53. The highest BCUT2D eigenvalue weighted by atomic mass is 35.5. The lowest BCUT2D eigenvalue weighted by Crippen LogP contribution is -2.17. The molecule has 0 aromatic carbocycles. The van der Waals surface area contributed by atoms with E-state index in [1.807, 2.05) is 0 Å². The Hall–Kier alpha value is -1.16. The van der Waals surface area contributed by atoms with Crippen molar-refractivity contribution in [3.05, 3.63) is 17.5 Å². The van der Waals surface area contributed by atoms with Gasteiger partial charge in [0.25, 0.3) is 0 Å². The molecule has 0 atom stereocenters. The Labute approximate surface area is 93.1 Å². The van der Waals surface area contributed by atoms with E-state index in [0.29, 0.717) is 5.95 Å². The van der Waals surface area contributed by atoms with Crippen LogP contribution in [-0.2, 0) is 17.6 Å². The number of nitrogens with zero attached hydrogens (tertiary/aromatic N) is 2. The van der Waals surface area contributed by atoms with Crippen LogP contribution in [0.15, 0.2) is 6.20 Å². The van der Waals surface area contributed by atoms with Crippen molar-refractivity contribution >= 4 is 23.5 Å². The zero-order chi connectivity index (χ0) is 10.7. The highest BCUT2D eigenvalue weighted by Gasteiger charge is 2.12. The van der Waals surface area contributed by atoms with Gasteiger partial charge in [-0.1, -0.05) is 0 Å². The van der Waals surface area contributed by atoms with Crippen molar-refractivity contribution in [2.45, 2.75) is 25.7 Å². The average molecular weight is 226 g/mol. The second kappa shape index (κ2) is 4.57. The summed E-state index contributed by atoms with van der Waals surface area (Å²) in [5.41, 5.74) is 2.26. The molecular weight excluding hydrogens is 214 g/mol. The molecule has 15 heavy (non-hydrogen) atoms. The third-order valence-corrected chi connectivity index (χ3v) is 2.68. The number of hydrogen-bond donors (Lipinski definition) is 1. The third kappa shape index (κ3) is 2.45. The maximum atomic E-state index is 11.0. The molecule has 0 spiro atoms. The molecule has 2 rings (SSSR count). The Balaban J connectivity index is 2.17. The number of carbonyl (C=O) groups excluding carboxylic acids is 1. The Morgan fingerprint density at radius 2 is 2.27 bits per heavy atom. The number of anilines is 1. The van der Waals surface area contributed by atoms with Gasteiger partial charge in [-0.15, -0.1) is 11.6 Å². The zero-order valence-corrected chi connectivity index (χ0v) is 9.05. The summed E-state index contributed by atoms with van der Waals surface area (Å²) in [7, 11) is 0. The largest absolute Gasteiger partial charge is 0.293 e. The number of hydrogen-bond acceptors (Lipinski definition) is 3. The van der Waals surface area contributed by atoms with Gasteiger partial charge in [0.05, 0.1) is 0 Å². The number of alkyl halides is 1.